The average molecular weight is 491 g/mol. The molecule has 3 aromatic rings. The molecule has 2 aromatic carbocycles. The fraction of sp³-hybridized carbons (Fsp3) is 0.259. The monoisotopic (exact) mass is 490 g/mol. The van der Waals surface area contributed by atoms with Crippen LogP contribution in [0.1, 0.15) is 49.7 Å². The van der Waals surface area contributed by atoms with Crippen LogP contribution < -0.4 is 15.1 Å². The van der Waals surface area contributed by atoms with Gasteiger partial charge in [-0.05, 0) is 80.5 Å². The molecule has 1 fully saturated rings. The van der Waals surface area contributed by atoms with Crippen LogP contribution in [0.2, 0.25) is 5.02 Å². The van der Waals surface area contributed by atoms with Crippen molar-refractivity contribution in [1.82, 2.24) is 10.3 Å². The lowest BCUT2D eigenvalue weighted by molar-refractivity contribution is 0.473. The van der Waals surface area contributed by atoms with E-state index < -0.39 is 0 Å². The molecule has 2 aliphatic heterocycles. The van der Waals surface area contributed by atoms with Crippen molar-refractivity contribution < 1.29 is 5.11 Å². The Morgan fingerprint density at radius 3 is 2.53 bits per heavy atom. The van der Waals surface area contributed by atoms with E-state index in [1.54, 1.807) is 18.3 Å². The molecule has 174 valence electrons. The van der Waals surface area contributed by atoms with Crippen molar-refractivity contribution in [3.8, 4) is 5.75 Å². The topological polar surface area (TPSA) is 51.6 Å². The van der Waals surface area contributed by atoms with Crippen molar-refractivity contribution in [1.29, 1.82) is 0 Å². The summed E-state index contributed by atoms with van der Waals surface area (Å²) in [5, 5.41) is 15.3. The number of aromatic nitrogens is 1. The molecule has 0 saturated carbocycles. The summed E-state index contributed by atoms with van der Waals surface area (Å²) in [6.07, 6.45) is 4.06. The van der Waals surface area contributed by atoms with Gasteiger partial charge in [0.05, 0.1) is 29.0 Å². The van der Waals surface area contributed by atoms with Gasteiger partial charge in [-0.2, -0.15) is 0 Å². The highest BCUT2D eigenvalue weighted by atomic mass is 35.5. The lowest BCUT2D eigenvalue weighted by Crippen LogP contribution is -2.42. The molecule has 0 bridgehead atoms. The number of nitrogens with zero attached hydrogens (tertiary/aromatic N) is 3. The largest absolute Gasteiger partial charge is 0.506 e. The summed E-state index contributed by atoms with van der Waals surface area (Å²) in [5.74, 6) is 0.157. The number of phenols is 1. The van der Waals surface area contributed by atoms with Crippen LogP contribution in [0.3, 0.4) is 0 Å². The molecule has 0 aliphatic carbocycles. The summed E-state index contributed by atoms with van der Waals surface area (Å²) < 4.78 is 0. The zero-order chi connectivity index (χ0) is 24.2. The summed E-state index contributed by atoms with van der Waals surface area (Å²) in [4.78, 5) is 8.81. The second-order valence-corrected chi connectivity index (χ2v) is 10.2. The molecule has 3 heterocycles. The van der Waals surface area contributed by atoms with Crippen molar-refractivity contribution in [3.63, 3.8) is 0 Å². The van der Waals surface area contributed by atoms with Gasteiger partial charge in [-0.15, -0.1) is 0 Å². The highest BCUT2D eigenvalue weighted by Gasteiger charge is 2.43. The van der Waals surface area contributed by atoms with Crippen LogP contribution in [0.25, 0.3) is 5.57 Å². The Bertz CT molecular complexity index is 1310. The molecule has 0 unspecified atom stereocenters. The molecule has 2 atom stereocenters. The zero-order valence-electron chi connectivity index (χ0n) is 19.6. The zero-order valence-corrected chi connectivity index (χ0v) is 21.2. The number of fused-ring (bicyclic) bond motifs is 1. The Morgan fingerprint density at radius 2 is 1.82 bits per heavy atom. The first kappa shape index (κ1) is 22.7. The van der Waals surface area contributed by atoms with Crippen LogP contribution >= 0.6 is 23.8 Å². The molecule has 5 rings (SSSR count). The fourth-order valence-electron chi connectivity index (χ4n) is 5.01. The summed E-state index contributed by atoms with van der Waals surface area (Å²) in [6.45, 7) is 6.52. The predicted octanol–water partition coefficient (Wildman–Crippen LogP) is 6.25. The van der Waals surface area contributed by atoms with Crippen molar-refractivity contribution in [2.24, 2.45) is 0 Å². The summed E-state index contributed by atoms with van der Waals surface area (Å²) in [7, 11) is 2.09. The van der Waals surface area contributed by atoms with Crippen LogP contribution in [0.15, 0.2) is 66.9 Å². The van der Waals surface area contributed by atoms with Crippen molar-refractivity contribution in [3.05, 3.63) is 88.7 Å². The minimum atomic E-state index is -0.304. The Kier molecular flexibility index (Phi) is 5.53. The van der Waals surface area contributed by atoms with E-state index >= 15 is 0 Å². The molecular weight excluding hydrogens is 464 g/mol. The number of thiocarbonyl (C=S) groups is 1. The van der Waals surface area contributed by atoms with Crippen LogP contribution in [0, 0.1) is 0 Å². The standard InChI is InChI=1S/C27H27ClN4OS/c1-16-15-27(2,3)31(4)22-14-19(28)18(13-17(16)22)25-24(20-9-7-8-12-29-20)30-26(34)32(25)21-10-5-6-11-23(21)33/h5-15,24-25,33H,1-4H3,(H,30,34)/t24-,25-/m1/s1. The molecular formula is C27H27ClN4OS. The summed E-state index contributed by atoms with van der Waals surface area (Å²) >= 11 is 12.8. The first-order chi connectivity index (χ1) is 16.2. The molecule has 0 amide bonds. The predicted molar refractivity (Wildman–Crippen MR) is 144 cm³/mol. The van der Waals surface area contributed by atoms with Gasteiger partial charge in [0.1, 0.15) is 5.75 Å². The molecule has 1 aromatic heterocycles. The fourth-order valence-corrected chi connectivity index (χ4v) is 5.62. The Hall–Kier alpha value is -3.09. The second kappa shape index (κ2) is 8.29. The minimum absolute atomic E-state index is 0.114. The highest BCUT2D eigenvalue weighted by molar-refractivity contribution is 7.80. The average Bonchev–Trinajstić information content (AvgIpc) is 3.14. The van der Waals surface area contributed by atoms with Gasteiger partial charge in [0.2, 0.25) is 0 Å². The van der Waals surface area contributed by atoms with Crippen LogP contribution in [0.5, 0.6) is 5.75 Å². The van der Waals surface area contributed by atoms with E-state index in [-0.39, 0.29) is 23.4 Å². The van der Waals surface area contributed by atoms with E-state index in [9.17, 15) is 5.11 Å². The molecule has 34 heavy (non-hydrogen) atoms. The number of phenolic OH excluding ortho intramolecular Hbond substituents is 1. The van der Waals surface area contributed by atoms with Gasteiger partial charge in [-0.25, -0.2) is 0 Å². The van der Waals surface area contributed by atoms with Crippen molar-refractivity contribution in [2.75, 3.05) is 16.8 Å². The number of halogens is 1. The van der Waals surface area contributed by atoms with E-state index in [1.165, 1.54) is 5.57 Å². The number of anilines is 2. The van der Waals surface area contributed by atoms with E-state index in [0.717, 1.165) is 22.5 Å². The number of para-hydroxylation sites is 2. The number of allylic oxidation sites excluding steroid dienone is 1. The maximum Gasteiger partial charge on any atom is 0.174 e. The van der Waals surface area contributed by atoms with Gasteiger partial charge >= 0.3 is 0 Å². The van der Waals surface area contributed by atoms with Gasteiger partial charge in [0.15, 0.2) is 5.11 Å². The third-order valence-electron chi connectivity index (χ3n) is 6.89. The number of hydrogen-bond acceptors (Lipinski definition) is 4. The maximum atomic E-state index is 10.7. The molecule has 1 saturated heterocycles. The molecule has 0 spiro atoms. The van der Waals surface area contributed by atoms with Gasteiger partial charge < -0.3 is 20.2 Å². The number of likely N-dealkylation sites (N-methyl/N-ethyl adjacent to an activating group) is 1. The third-order valence-corrected chi connectivity index (χ3v) is 7.54. The van der Waals surface area contributed by atoms with Gasteiger partial charge in [0, 0.05) is 29.5 Å². The Labute approximate surface area is 210 Å². The first-order valence-corrected chi connectivity index (χ1v) is 12.0. The first-order valence-electron chi connectivity index (χ1n) is 11.2. The second-order valence-electron chi connectivity index (χ2n) is 9.42. The van der Waals surface area contributed by atoms with E-state index in [2.05, 4.69) is 55.2 Å². The Morgan fingerprint density at radius 1 is 1.09 bits per heavy atom. The van der Waals surface area contributed by atoms with E-state index in [1.807, 2.05) is 41.3 Å². The van der Waals surface area contributed by atoms with E-state index in [4.69, 9.17) is 23.8 Å². The van der Waals surface area contributed by atoms with Crippen LogP contribution in [-0.2, 0) is 0 Å². The lowest BCUT2D eigenvalue weighted by atomic mass is 9.86. The Balaban J connectivity index is 1.72. The van der Waals surface area contributed by atoms with Crippen molar-refractivity contribution in [2.45, 2.75) is 38.4 Å². The number of rotatable bonds is 3. The minimum Gasteiger partial charge on any atom is -0.506 e. The van der Waals surface area contributed by atoms with Gasteiger partial charge in [-0.1, -0.05) is 35.9 Å². The lowest BCUT2D eigenvalue weighted by Gasteiger charge is -2.41. The smallest absolute Gasteiger partial charge is 0.174 e. The number of aromatic hydroxyl groups is 1. The number of nitrogens with one attached hydrogen (secondary N) is 1. The third kappa shape index (κ3) is 3.62. The van der Waals surface area contributed by atoms with Crippen molar-refractivity contribution >= 4 is 45.9 Å². The van der Waals surface area contributed by atoms with E-state index in [0.29, 0.717) is 15.8 Å². The molecule has 2 aliphatic rings. The molecule has 5 nitrogen and oxygen atoms in total. The molecule has 7 heteroatoms. The summed E-state index contributed by atoms with van der Waals surface area (Å²) in [5.41, 5.74) is 5.72. The molecule has 0 radical (unpaired) electrons. The molecule has 2 N–H and O–H groups in total. The summed E-state index contributed by atoms with van der Waals surface area (Å²) in [6, 6.07) is 16.7. The SMILES string of the molecule is CC1=CC(C)(C)N(C)c2cc(Cl)c([C@@H]3[C@@H](c4ccccn4)NC(=S)N3c3ccccc3O)cc21. The highest BCUT2D eigenvalue weighted by Crippen LogP contribution is 2.49. The van der Waals surface area contributed by atoms with Gasteiger partial charge in [0.25, 0.3) is 0 Å². The quantitative estimate of drug-likeness (QED) is 0.423. The van der Waals surface area contributed by atoms with Gasteiger partial charge in [-0.3, -0.25) is 4.98 Å². The number of pyridine rings is 1. The number of benzene rings is 2. The van der Waals surface area contributed by atoms with Crippen LogP contribution in [0.4, 0.5) is 11.4 Å². The normalized spacial score (nSPS) is 21.2. The number of hydrogen-bond donors (Lipinski definition) is 2. The maximum absolute atomic E-state index is 10.7. The van der Waals surface area contributed by atoms with Crippen LogP contribution in [-0.4, -0.2) is 27.8 Å².